The van der Waals surface area contributed by atoms with Gasteiger partial charge in [0.1, 0.15) is 0 Å². The van der Waals surface area contributed by atoms with E-state index in [2.05, 4.69) is 106 Å². The molecule has 0 aliphatic rings. The highest BCUT2D eigenvalue weighted by atomic mass is 14.7. The quantitative estimate of drug-likeness (QED) is 0.389. The standard InChI is InChI=1S/C25H23N/c1-25(2,3)24-17-22(21-11-7-8-12-23(21)26-24)20-15-13-19(14-16-20)18-9-5-4-6-10-18/h4-17H,1-3H3. The highest BCUT2D eigenvalue weighted by Gasteiger charge is 2.18. The van der Waals surface area contributed by atoms with E-state index in [9.17, 15) is 0 Å². The Labute approximate surface area is 155 Å². The van der Waals surface area contributed by atoms with Crippen LogP contribution in [-0.2, 0) is 5.41 Å². The molecule has 0 aliphatic carbocycles. The fourth-order valence-corrected chi connectivity index (χ4v) is 3.27. The largest absolute Gasteiger partial charge is 0.252 e. The molecule has 0 N–H and O–H groups in total. The Morgan fingerprint density at radius 3 is 1.88 bits per heavy atom. The van der Waals surface area contributed by atoms with Gasteiger partial charge in [0.2, 0.25) is 0 Å². The van der Waals surface area contributed by atoms with E-state index in [0.717, 1.165) is 11.2 Å². The molecule has 0 bridgehead atoms. The molecule has 0 fully saturated rings. The average molecular weight is 337 g/mol. The summed E-state index contributed by atoms with van der Waals surface area (Å²) in [6.45, 7) is 6.64. The third kappa shape index (κ3) is 3.13. The van der Waals surface area contributed by atoms with Gasteiger partial charge in [-0.3, -0.25) is 4.98 Å². The van der Waals surface area contributed by atoms with Gasteiger partial charge in [0.05, 0.1) is 5.52 Å². The minimum atomic E-state index is 0.0166. The smallest absolute Gasteiger partial charge is 0.0711 e. The first kappa shape index (κ1) is 16.5. The molecule has 0 aliphatic heterocycles. The molecule has 0 spiro atoms. The summed E-state index contributed by atoms with van der Waals surface area (Å²) in [4.78, 5) is 4.90. The first-order chi connectivity index (χ1) is 12.5. The lowest BCUT2D eigenvalue weighted by Crippen LogP contribution is -2.13. The van der Waals surface area contributed by atoms with Crippen LogP contribution in [-0.4, -0.2) is 4.98 Å². The van der Waals surface area contributed by atoms with Gasteiger partial charge in [-0.2, -0.15) is 0 Å². The number of fused-ring (bicyclic) bond motifs is 1. The molecule has 3 aromatic carbocycles. The lowest BCUT2D eigenvalue weighted by atomic mass is 9.88. The van der Waals surface area contributed by atoms with Crippen LogP contribution < -0.4 is 0 Å². The summed E-state index contributed by atoms with van der Waals surface area (Å²) >= 11 is 0. The zero-order chi connectivity index (χ0) is 18.1. The zero-order valence-electron chi connectivity index (χ0n) is 15.5. The molecular formula is C25H23N. The van der Waals surface area contributed by atoms with Crippen LogP contribution in [0.3, 0.4) is 0 Å². The maximum absolute atomic E-state index is 4.90. The summed E-state index contributed by atoms with van der Waals surface area (Å²) in [5, 5.41) is 1.20. The molecule has 0 radical (unpaired) electrons. The molecule has 1 nitrogen and oxygen atoms in total. The van der Waals surface area contributed by atoms with Gasteiger partial charge in [0, 0.05) is 16.5 Å². The van der Waals surface area contributed by atoms with Crippen LogP contribution in [0.15, 0.2) is 84.9 Å². The lowest BCUT2D eigenvalue weighted by molar-refractivity contribution is 0.572. The molecule has 0 atom stereocenters. The van der Waals surface area contributed by atoms with Crippen molar-refractivity contribution >= 4 is 10.9 Å². The van der Waals surface area contributed by atoms with Gasteiger partial charge in [-0.05, 0) is 34.4 Å². The van der Waals surface area contributed by atoms with Gasteiger partial charge in [0.25, 0.3) is 0 Å². The van der Waals surface area contributed by atoms with E-state index >= 15 is 0 Å². The summed E-state index contributed by atoms with van der Waals surface area (Å²) in [5.74, 6) is 0. The predicted octanol–water partition coefficient (Wildman–Crippen LogP) is 6.87. The summed E-state index contributed by atoms with van der Waals surface area (Å²) < 4.78 is 0. The van der Waals surface area contributed by atoms with E-state index in [1.165, 1.54) is 27.6 Å². The summed E-state index contributed by atoms with van der Waals surface area (Å²) in [5.41, 5.74) is 7.16. The molecule has 0 saturated heterocycles. The van der Waals surface area contributed by atoms with E-state index in [-0.39, 0.29) is 5.41 Å². The van der Waals surface area contributed by atoms with Crippen molar-refractivity contribution in [1.82, 2.24) is 4.98 Å². The van der Waals surface area contributed by atoms with Crippen molar-refractivity contribution in [3.05, 3.63) is 90.6 Å². The van der Waals surface area contributed by atoms with E-state index in [1.807, 2.05) is 0 Å². The Kier molecular flexibility index (Phi) is 4.08. The predicted molar refractivity (Wildman–Crippen MR) is 111 cm³/mol. The number of nitrogens with zero attached hydrogens (tertiary/aromatic N) is 1. The van der Waals surface area contributed by atoms with Crippen LogP contribution in [0, 0.1) is 0 Å². The van der Waals surface area contributed by atoms with Crippen molar-refractivity contribution < 1.29 is 0 Å². The van der Waals surface area contributed by atoms with Crippen LogP contribution in [0.25, 0.3) is 33.2 Å². The Balaban J connectivity index is 1.86. The number of rotatable bonds is 2. The van der Waals surface area contributed by atoms with Crippen LogP contribution in [0.4, 0.5) is 0 Å². The number of pyridine rings is 1. The average Bonchev–Trinajstić information content (AvgIpc) is 2.67. The number of hydrogen-bond donors (Lipinski definition) is 0. The highest BCUT2D eigenvalue weighted by molar-refractivity contribution is 5.95. The van der Waals surface area contributed by atoms with E-state index in [4.69, 9.17) is 4.98 Å². The molecule has 1 heteroatoms. The maximum atomic E-state index is 4.90. The van der Waals surface area contributed by atoms with Crippen molar-refractivity contribution in [3.8, 4) is 22.3 Å². The van der Waals surface area contributed by atoms with Gasteiger partial charge in [-0.1, -0.05) is 93.6 Å². The van der Waals surface area contributed by atoms with E-state index in [0.29, 0.717) is 0 Å². The first-order valence-electron chi connectivity index (χ1n) is 9.08. The molecule has 0 amide bonds. The maximum Gasteiger partial charge on any atom is 0.0711 e. The van der Waals surface area contributed by atoms with Crippen molar-refractivity contribution in [2.45, 2.75) is 26.2 Å². The molecule has 1 aromatic heterocycles. The third-order valence-electron chi connectivity index (χ3n) is 4.79. The Hall–Kier alpha value is -2.93. The number of hydrogen-bond acceptors (Lipinski definition) is 1. The first-order valence-corrected chi connectivity index (χ1v) is 9.08. The Morgan fingerprint density at radius 1 is 0.615 bits per heavy atom. The Morgan fingerprint density at radius 2 is 1.19 bits per heavy atom. The van der Waals surface area contributed by atoms with Crippen molar-refractivity contribution in [3.63, 3.8) is 0 Å². The highest BCUT2D eigenvalue weighted by Crippen LogP contribution is 2.33. The number of para-hydroxylation sites is 1. The summed E-state index contributed by atoms with van der Waals surface area (Å²) in [6, 6.07) is 30.0. The van der Waals surface area contributed by atoms with Crippen LogP contribution in [0.5, 0.6) is 0 Å². The number of benzene rings is 3. The minimum absolute atomic E-state index is 0.0166. The minimum Gasteiger partial charge on any atom is -0.252 e. The van der Waals surface area contributed by atoms with Crippen molar-refractivity contribution in [2.24, 2.45) is 0 Å². The molecule has 0 unspecified atom stereocenters. The SMILES string of the molecule is CC(C)(C)c1cc(-c2ccc(-c3ccccc3)cc2)c2ccccc2n1. The molecule has 26 heavy (non-hydrogen) atoms. The molecule has 0 saturated carbocycles. The normalized spacial score (nSPS) is 11.7. The molecule has 4 aromatic rings. The topological polar surface area (TPSA) is 12.9 Å². The van der Waals surface area contributed by atoms with Crippen LogP contribution in [0.1, 0.15) is 26.5 Å². The van der Waals surface area contributed by atoms with Gasteiger partial charge >= 0.3 is 0 Å². The van der Waals surface area contributed by atoms with Gasteiger partial charge < -0.3 is 0 Å². The fraction of sp³-hybridized carbons (Fsp3) is 0.160. The molecule has 1 heterocycles. The van der Waals surface area contributed by atoms with Crippen molar-refractivity contribution in [2.75, 3.05) is 0 Å². The zero-order valence-corrected chi connectivity index (χ0v) is 15.5. The van der Waals surface area contributed by atoms with Gasteiger partial charge in [-0.15, -0.1) is 0 Å². The second kappa shape index (κ2) is 6.42. The van der Waals surface area contributed by atoms with E-state index < -0.39 is 0 Å². The van der Waals surface area contributed by atoms with Crippen molar-refractivity contribution in [1.29, 1.82) is 0 Å². The molecule has 4 rings (SSSR count). The van der Waals surface area contributed by atoms with Gasteiger partial charge in [-0.25, -0.2) is 0 Å². The third-order valence-corrected chi connectivity index (χ3v) is 4.79. The summed E-state index contributed by atoms with van der Waals surface area (Å²) in [7, 11) is 0. The monoisotopic (exact) mass is 337 g/mol. The lowest BCUT2D eigenvalue weighted by Gasteiger charge is -2.20. The van der Waals surface area contributed by atoms with E-state index in [1.54, 1.807) is 0 Å². The second-order valence-corrected chi connectivity index (χ2v) is 7.77. The van der Waals surface area contributed by atoms with Crippen LogP contribution in [0.2, 0.25) is 0 Å². The fourth-order valence-electron chi connectivity index (χ4n) is 3.27. The van der Waals surface area contributed by atoms with Crippen LogP contribution >= 0.6 is 0 Å². The second-order valence-electron chi connectivity index (χ2n) is 7.77. The van der Waals surface area contributed by atoms with Gasteiger partial charge in [0.15, 0.2) is 0 Å². The summed E-state index contributed by atoms with van der Waals surface area (Å²) in [6.07, 6.45) is 0. The number of aromatic nitrogens is 1. The Bertz CT molecular complexity index is 1040. The molecule has 128 valence electrons. The molecular weight excluding hydrogens is 314 g/mol.